The van der Waals surface area contributed by atoms with Crippen molar-refractivity contribution in [2.45, 2.75) is 56.3 Å². The van der Waals surface area contributed by atoms with Gasteiger partial charge >= 0.3 is 27.0 Å². The standard InChI is InChI=1S/C23H33N7O15P2/c1-10-6-29(23(36)26-19(10)34)14-5-11(31)12(43-14)7-41-46(37,38)45-47(39,40)42-8-13-16(32)17(33)21(44-13)30-9-28(4)15-18(30)24-22(27(2)3)25-20(15)35/h6,9,11-14,16-17,21,31-33H,5,7-8H2,1-4H3,(H3-,24,25,26,34,35,36,37,38,39,40)/p+1/t11-,12+,13+,14+,16+,17+,21+/m0/s1. The molecule has 0 radical (unpaired) electrons. The van der Waals surface area contributed by atoms with E-state index in [0.29, 0.717) is 0 Å². The number of aliphatic hydroxyl groups excluding tert-OH is 3. The van der Waals surface area contributed by atoms with Crippen LogP contribution in [0, 0.1) is 6.92 Å². The Labute approximate surface area is 263 Å². The summed E-state index contributed by atoms with van der Waals surface area (Å²) in [6.45, 7) is -0.291. The molecule has 2 unspecified atom stereocenters. The Balaban J connectivity index is 1.19. The zero-order valence-electron chi connectivity index (χ0n) is 25.3. The van der Waals surface area contributed by atoms with Gasteiger partial charge in [-0.05, 0) is 6.92 Å². The third-order valence-corrected chi connectivity index (χ3v) is 10.1. The van der Waals surface area contributed by atoms with Gasteiger partial charge in [0.2, 0.25) is 11.7 Å². The minimum Gasteiger partial charge on any atom is -0.390 e. The minimum atomic E-state index is -5.38. The predicted molar refractivity (Wildman–Crippen MR) is 155 cm³/mol. The largest absolute Gasteiger partial charge is 0.481 e. The summed E-state index contributed by atoms with van der Waals surface area (Å²) in [5.74, 6) is 0.192. The Hall–Kier alpha value is -3.11. The lowest BCUT2D eigenvalue weighted by molar-refractivity contribution is -0.745. The van der Waals surface area contributed by atoms with Gasteiger partial charge in [0, 0.05) is 32.3 Å². The number of aliphatic hydroxyl groups is 3. The number of imidazole rings is 1. The number of hydrogen-bond donors (Lipinski definition) is 7. The molecule has 3 aromatic heterocycles. The van der Waals surface area contributed by atoms with Crippen LogP contribution < -0.4 is 26.3 Å². The van der Waals surface area contributed by atoms with E-state index in [4.69, 9.17) is 18.5 Å². The van der Waals surface area contributed by atoms with E-state index in [-0.39, 0.29) is 29.1 Å². The van der Waals surface area contributed by atoms with E-state index < -0.39 is 88.6 Å². The number of H-pyrrole nitrogens is 2. The fourth-order valence-corrected chi connectivity index (χ4v) is 7.17. The summed E-state index contributed by atoms with van der Waals surface area (Å²) >= 11 is 0. The summed E-state index contributed by atoms with van der Waals surface area (Å²) in [5, 5.41) is 31.6. The van der Waals surface area contributed by atoms with Gasteiger partial charge in [-0.25, -0.2) is 18.5 Å². The van der Waals surface area contributed by atoms with Crippen LogP contribution in [-0.4, -0.2) is 107 Å². The van der Waals surface area contributed by atoms with E-state index in [0.717, 1.165) is 4.57 Å². The van der Waals surface area contributed by atoms with Crippen molar-refractivity contribution in [2.75, 3.05) is 32.2 Å². The van der Waals surface area contributed by atoms with Gasteiger partial charge in [-0.2, -0.15) is 4.31 Å². The quantitative estimate of drug-likeness (QED) is 0.0770. The van der Waals surface area contributed by atoms with E-state index in [9.17, 15) is 48.6 Å². The second-order valence-electron chi connectivity index (χ2n) is 11.2. The number of phosphoric acid groups is 2. The first-order chi connectivity index (χ1) is 21.9. The number of hydrogen-bond acceptors (Lipinski definition) is 15. The number of ether oxygens (including phenoxy) is 2. The van der Waals surface area contributed by atoms with Crippen LogP contribution in [0.4, 0.5) is 5.95 Å². The first kappa shape index (κ1) is 35.2. The van der Waals surface area contributed by atoms with Crippen LogP contribution in [0.3, 0.4) is 0 Å². The Morgan fingerprint density at radius 1 is 1.02 bits per heavy atom. The zero-order chi connectivity index (χ0) is 34.6. The van der Waals surface area contributed by atoms with E-state index in [2.05, 4.69) is 19.3 Å². The molecule has 0 bridgehead atoms. The molecule has 2 aliphatic heterocycles. The molecule has 2 aliphatic rings. The summed E-state index contributed by atoms with van der Waals surface area (Å²) in [4.78, 5) is 67.1. The van der Waals surface area contributed by atoms with E-state index in [1.165, 1.54) is 33.5 Å². The number of nitrogens with one attached hydrogen (secondary N) is 2. The number of aromatic nitrogens is 6. The Morgan fingerprint density at radius 3 is 2.30 bits per heavy atom. The first-order valence-corrected chi connectivity index (χ1v) is 16.9. The third kappa shape index (κ3) is 7.33. The molecule has 0 spiro atoms. The van der Waals surface area contributed by atoms with Crippen LogP contribution in [0.25, 0.3) is 11.2 Å². The lowest BCUT2D eigenvalue weighted by atomic mass is 10.1. The highest BCUT2D eigenvalue weighted by atomic mass is 31.3. The number of anilines is 1. The van der Waals surface area contributed by atoms with Crippen molar-refractivity contribution >= 4 is 32.8 Å². The Bertz CT molecular complexity index is 1920. The Morgan fingerprint density at radius 2 is 1.66 bits per heavy atom. The fraction of sp³-hybridized carbons (Fsp3) is 0.609. The van der Waals surface area contributed by atoms with Crippen molar-refractivity contribution in [3.8, 4) is 0 Å². The van der Waals surface area contributed by atoms with Gasteiger partial charge in [0.25, 0.3) is 17.1 Å². The number of rotatable bonds is 11. The molecule has 9 atom stereocenters. The topological polar surface area (TPSA) is 294 Å². The summed E-state index contributed by atoms with van der Waals surface area (Å²) in [6, 6.07) is 0. The van der Waals surface area contributed by atoms with Gasteiger partial charge in [0.1, 0.15) is 30.6 Å². The molecule has 5 heterocycles. The van der Waals surface area contributed by atoms with Gasteiger partial charge in [-0.1, -0.05) is 4.98 Å². The number of phosphoric ester groups is 2. The maximum atomic E-state index is 12.6. The summed E-state index contributed by atoms with van der Waals surface area (Å²) in [5.41, 5.74) is -1.51. The SMILES string of the molecule is Cc1cn([C@H]2C[C@H](O)[C@@H](COP(=O)(O)OP(=O)(O)OC[C@H]3O[C@@H]([n+]4cn(C)c5c(=O)[nH]c(N(C)C)nc54)[C@H](O)[C@@H]3O)O2)c(=O)[nH]c1=O. The van der Waals surface area contributed by atoms with E-state index in [1.54, 1.807) is 21.1 Å². The molecule has 3 aromatic rings. The van der Waals surface area contributed by atoms with Crippen molar-refractivity contribution in [3.05, 3.63) is 49.3 Å². The Kier molecular flexibility index (Phi) is 9.79. The van der Waals surface area contributed by atoms with Crippen LogP contribution in [0.1, 0.15) is 24.4 Å². The molecule has 0 aromatic carbocycles. The second-order valence-corrected chi connectivity index (χ2v) is 14.2. The highest BCUT2D eigenvalue weighted by Crippen LogP contribution is 2.60. The normalized spacial score (nSPS) is 28.8. The second kappa shape index (κ2) is 13.1. The first-order valence-electron chi connectivity index (χ1n) is 13.9. The molecule has 24 heteroatoms. The molecule has 47 heavy (non-hydrogen) atoms. The highest BCUT2D eigenvalue weighted by molar-refractivity contribution is 7.61. The van der Waals surface area contributed by atoms with Gasteiger partial charge in [-0.15, -0.1) is 0 Å². The molecule has 0 saturated carbocycles. The van der Waals surface area contributed by atoms with Crippen molar-refractivity contribution in [2.24, 2.45) is 7.05 Å². The van der Waals surface area contributed by atoms with Gasteiger partial charge < -0.3 is 39.5 Å². The van der Waals surface area contributed by atoms with Crippen LogP contribution in [0.5, 0.6) is 0 Å². The molecular formula is C23H34N7O15P2+. The van der Waals surface area contributed by atoms with Crippen molar-refractivity contribution in [1.29, 1.82) is 0 Å². The van der Waals surface area contributed by atoms with Crippen LogP contribution in [0.2, 0.25) is 0 Å². The molecule has 7 N–H and O–H groups in total. The lowest BCUT2D eigenvalue weighted by Gasteiger charge is -2.20. The van der Waals surface area contributed by atoms with Gasteiger partial charge in [-0.3, -0.25) is 37.7 Å². The molecule has 2 fully saturated rings. The molecule has 2 saturated heterocycles. The smallest absolute Gasteiger partial charge is 0.390 e. The van der Waals surface area contributed by atoms with Crippen molar-refractivity contribution in [1.82, 2.24) is 24.1 Å². The summed E-state index contributed by atoms with van der Waals surface area (Å²) < 4.78 is 53.7. The molecule has 0 amide bonds. The number of nitrogens with zero attached hydrogens (tertiary/aromatic N) is 5. The van der Waals surface area contributed by atoms with Crippen LogP contribution in [-0.2, 0) is 39.0 Å². The van der Waals surface area contributed by atoms with Gasteiger partial charge in [0.05, 0.1) is 26.4 Å². The molecule has 260 valence electrons. The van der Waals surface area contributed by atoms with Crippen molar-refractivity contribution < 1.29 is 61.6 Å². The van der Waals surface area contributed by atoms with E-state index in [1.807, 2.05) is 0 Å². The lowest BCUT2D eigenvalue weighted by Crippen LogP contribution is -2.46. The number of aromatic amines is 2. The molecular weight excluding hydrogens is 676 g/mol. The highest BCUT2D eigenvalue weighted by Gasteiger charge is 2.48. The summed E-state index contributed by atoms with van der Waals surface area (Å²) in [6.07, 6.45) is -7.33. The third-order valence-electron chi connectivity index (χ3n) is 7.46. The predicted octanol–water partition coefficient (Wildman–Crippen LogP) is -3.01. The van der Waals surface area contributed by atoms with Crippen LogP contribution in [0.15, 0.2) is 26.9 Å². The molecule has 5 rings (SSSR count). The maximum Gasteiger partial charge on any atom is 0.481 e. The fourth-order valence-electron chi connectivity index (χ4n) is 5.08. The number of fused-ring (bicyclic) bond motifs is 1. The molecule has 0 aliphatic carbocycles. The average Bonchev–Trinajstić information content (AvgIpc) is 3.60. The summed E-state index contributed by atoms with van der Waals surface area (Å²) in [7, 11) is -5.90. The monoisotopic (exact) mass is 710 g/mol. The van der Waals surface area contributed by atoms with Gasteiger partial charge in [0.15, 0.2) is 6.33 Å². The minimum absolute atomic E-state index is 0.0934. The molecule has 22 nitrogen and oxygen atoms in total. The maximum absolute atomic E-state index is 12.6. The number of aryl methyl sites for hydroxylation is 2. The van der Waals surface area contributed by atoms with Crippen LogP contribution >= 0.6 is 15.6 Å². The zero-order valence-corrected chi connectivity index (χ0v) is 27.1. The van der Waals surface area contributed by atoms with E-state index >= 15 is 0 Å². The average molecular weight is 711 g/mol. The van der Waals surface area contributed by atoms with Crippen molar-refractivity contribution in [3.63, 3.8) is 0 Å².